The van der Waals surface area contributed by atoms with Crippen LogP contribution in [-0.4, -0.2) is 11.2 Å². The third kappa shape index (κ3) is 6.36. The Labute approximate surface area is 70.8 Å². The molecule has 1 nitrogen and oxygen atoms in total. The summed E-state index contributed by atoms with van der Waals surface area (Å²) in [7, 11) is 0. The molecular formula is C10H22O. The highest BCUT2D eigenvalue weighted by atomic mass is 16.3. The van der Waals surface area contributed by atoms with E-state index in [4.69, 9.17) is 0 Å². The summed E-state index contributed by atoms with van der Waals surface area (Å²) >= 11 is 0. The van der Waals surface area contributed by atoms with E-state index in [2.05, 4.69) is 13.8 Å². The van der Waals surface area contributed by atoms with E-state index in [-0.39, 0.29) is 6.10 Å². The Hall–Kier alpha value is -0.0400. The Morgan fingerprint density at radius 3 is 2.36 bits per heavy atom. The summed E-state index contributed by atoms with van der Waals surface area (Å²) < 4.78 is 0. The first-order valence-electron chi connectivity index (χ1n) is 4.88. The van der Waals surface area contributed by atoms with Gasteiger partial charge < -0.3 is 5.11 Å². The van der Waals surface area contributed by atoms with Crippen molar-refractivity contribution in [3.8, 4) is 0 Å². The quantitative estimate of drug-likeness (QED) is 0.630. The number of rotatable bonds is 6. The van der Waals surface area contributed by atoms with Crippen molar-refractivity contribution in [2.24, 2.45) is 5.92 Å². The molecule has 2 atom stereocenters. The predicted molar refractivity (Wildman–Crippen MR) is 49.6 cm³/mol. The van der Waals surface area contributed by atoms with Crippen LogP contribution in [0.3, 0.4) is 0 Å². The van der Waals surface area contributed by atoms with Crippen molar-refractivity contribution >= 4 is 0 Å². The van der Waals surface area contributed by atoms with Gasteiger partial charge in [0, 0.05) is 0 Å². The highest BCUT2D eigenvalue weighted by Gasteiger charge is 2.07. The van der Waals surface area contributed by atoms with Gasteiger partial charge >= 0.3 is 0 Å². The minimum absolute atomic E-state index is 0.0677. The second-order valence-electron chi connectivity index (χ2n) is 3.55. The zero-order valence-corrected chi connectivity index (χ0v) is 8.14. The predicted octanol–water partition coefficient (Wildman–Crippen LogP) is 2.97. The van der Waals surface area contributed by atoms with E-state index in [0.717, 1.165) is 12.8 Å². The van der Waals surface area contributed by atoms with Crippen LogP contribution in [0.4, 0.5) is 0 Å². The molecule has 0 rings (SSSR count). The van der Waals surface area contributed by atoms with Gasteiger partial charge in [-0.05, 0) is 18.8 Å². The highest BCUT2D eigenvalue weighted by molar-refractivity contribution is 4.59. The molecule has 0 bridgehead atoms. The summed E-state index contributed by atoms with van der Waals surface area (Å²) in [6, 6.07) is 0. The lowest BCUT2D eigenvalue weighted by Crippen LogP contribution is -2.10. The normalized spacial score (nSPS) is 16.4. The van der Waals surface area contributed by atoms with Gasteiger partial charge in [-0.15, -0.1) is 0 Å². The average Bonchev–Trinajstić information content (AvgIpc) is 2.00. The van der Waals surface area contributed by atoms with E-state index in [0.29, 0.717) is 5.92 Å². The van der Waals surface area contributed by atoms with Crippen molar-refractivity contribution in [2.45, 2.75) is 59.0 Å². The molecule has 0 aromatic rings. The van der Waals surface area contributed by atoms with Crippen molar-refractivity contribution in [1.82, 2.24) is 0 Å². The average molecular weight is 158 g/mol. The highest BCUT2D eigenvalue weighted by Crippen LogP contribution is 2.14. The molecule has 0 aliphatic heterocycles. The van der Waals surface area contributed by atoms with Crippen molar-refractivity contribution < 1.29 is 5.11 Å². The van der Waals surface area contributed by atoms with Gasteiger partial charge in [-0.3, -0.25) is 0 Å². The third-order valence-corrected chi connectivity index (χ3v) is 2.20. The van der Waals surface area contributed by atoms with Gasteiger partial charge in [-0.2, -0.15) is 0 Å². The fourth-order valence-electron chi connectivity index (χ4n) is 1.30. The minimum Gasteiger partial charge on any atom is -0.393 e. The fraction of sp³-hybridized carbons (Fsp3) is 1.00. The first-order chi connectivity index (χ1) is 5.20. The van der Waals surface area contributed by atoms with E-state index in [1.165, 1.54) is 19.3 Å². The van der Waals surface area contributed by atoms with Crippen LogP contribution in [0.5, 0.6) is 0 Å². The van der Waals surface area contributed by atoms with Crippen molar-refractivity contribution in [1.29, 1.82) is 0 Å². The summed E-state index contributed by atoms with van der Waals surface area (Å²) in [5, 5.41) is 9.33. The molecule has 0 aromatic heterocycles. The van der Waals surface area contributed by atoms with Crippen LogP contribution in [0.25, 0.3) is 0 Å². The second-order valence-corrected chi connectivity index (χ2v) is 3.55. The van der Waals surface area contributed by atoms with E-state index < -0.39 is 0 Å². The van der Waals surface area contributed by atoms with Crippen LogP contribution in [-0.2, 0) is 0 Å². The van der Waals surface area contributed by atoms with Crippen LogP contribution in [0.15, 0.2) is 0 Å². The number of aliphatic hydroxyl groups excluding tert-OH is 1. The molecule has 1 N–H and O–H groups in total. The molecule has 0 spiro atoms. The van der Waals surface area contributed by atoms with Crippen molar-refractivity contribution in [3.63, 3.8) is 0 Å². The number of hydrogen-bond acceptors (Lipinski definition) is 1. The monoisotopic (exact) mass is 158 g/mol. The lowest BCUT2D eigenvalue weighted by molar-refractivity contribution is 0.139. The van der Waals surface area contributed by atoms with E-state index >= 15 is 0 Å². The molecule has 0 heterocycles. The Morgan fingerprint density at radius 2 is 1.91 bits per heavy atom. The number of unbranched alkanes of at least 4 members (excludes halogenated alkanes) is 1. The molecule has 0 aliphatic rings. The van der Waals surface area contributed by atoms with Crippen LogP contribution >= 0.6 is 0 Å². The molecule has 0 fully saturated rings. The lowest BCUT2D eigenvalue weighted by atomic mass is 9.97. The number of hydrogen-bond donors (Lipinski definition) is 1. The molecule has 0 saturated carbocycles. The Bertz CT molecular complexity index is 80.9. The smallest absolute Gasteiger partial charge is 0.0540 e. The molecule has 0 radical (unpaired) electrons. The maximum atomic E-state index is 9.33. The maximum Gasteiger partial charge on any atom is 0.0540 e. The fourth-order valence-corrected chi connectivity index (χ4v) is 1.30. The summed E-state index contributed by atoms with van der Waals surface area (Å²) in [5.41, 5.74) is 0. The van der Waals surface area contributed by atoms with E-state index in [1.54, 1.807) is 0 Å². The van der Waals surface area contributed by atoms with Crippen molar-refractivity contribution in [2.75, 3.05) is 0 Å². The van der Waals surface area contributed by atoms with Gasteiger partial charge in [0.25, 0.3) is 0 Å². The lowest BCUT2D eigenvalue weighted by Gasteiger charge is -2.14. The van der Waals surface area contributed by atoms with Crippen molar-refractivity contribution in [3.05, 3.63) is 0 Å². The largest absolute Gasteiger partial charge is 0.393 e. The summed E-state index contributed by atoms with van der Waals surface area (Å²) in [4.78, 5) is 0. The molecule has 68 valence electrons. The maximum absolute atomic E-state index is 9.33. The van der Waals surface area contributed by atoms with Gasteiger partial charge in [0.2, 0.25) is 0 Å². The molecule has 1 heteroatoms. The summed E-state index contributed by atoms with van der Waals surface area (Å²) in [6.07, 6.45) is 5.66. The first-order valence-corrected chi connectivity index (χ1v) is 4.88. The van der Waals surface area contributed by atoms with Crippen LogP contribution in [0.1, 0.15) is 52.9 Å². The van der Waals surface area contributed by atoms with Gasteiger partial charge in [0.1, 0.15) is 0 Å². The topological polar surface area (TPSA) is 20.2 Å². The van der Waals surface area contributed by atoms with E-state index in [1.807, 2.05) is 6.92 Å². The van der Waals surface area contributed by atoms with Crippen LogP contribution in [0, 0.1) is 5.92 Å². The van der Waals surface area contributed by atoms with Gasteiger partial charge in [-0.1, -0.05) is 40.0 Å². The molecule has 0 aromatic carbocycles. The molecule has 0 aliphatic carbocycles. The summed E-state index contributed by atoms with van der Waals surface area (Å²) in [6.45, 7) is 6.48. The Morgan fingerprint density at radius 1 is 1.27 bits per heavy atom. The molecule has 0 saturated heterocycles. The standard InChI is InChI=1S/C10H22O/c1-4-6-7-9(3)8-10(11)5-2/h9-11H,4-8H2,1-3H3/t9?,10-/m0/s1. The first kappa shape index (κ1) is 11.0. The van der Waals surface area contributed by atoms with Gasteiger partial charge in [-0.25, -0.2) is 0 Å². The van der Waals surface area contributed by atoms with Gasteiger partial charge in [0.15, 0.2) is 0 Å². The minimum atomic E-state index is -0.0677. The Balaban J connectivity index is 3.27. The second kappa shape index (κ2) is 6.66. The van der Waals surface area contributed by atoms with E-state index in [9.17, 15) is 5.11 Å². The molecule has 11 heavy (non-hydrogen) atoms. The molecule has 0 amide bonds. The van der Waals surface area contributed by atoms with Crippen LogP contribution < -0.4 is 0 Å². The third-order valence-electron chi connectivity index (χ3n) is 2.20. The van der Waals surface area contributed by atoms with Crippen LogP contribution in [0.2, 0.25) is 0 Å². The Kier molecular flexibility index (Phi) is 6.63. The number of aliphatic hydroxyl groups is 1. The summed E-state index contributed by atoms with van der Waals surface area (Å²) in [5.74, 6) is 0.699. The molecule has 1 unspecified atom stereocenters. The zero-order valence-electron chi connectivity index (χ0n) is 8.14. The molecular weight excluding hydrogens is 136 g/mol. The zero-order chi connectivity index (χ0) is 8.69. The van der Waals surface area contributed by atoms with Gasteiger partial charge in [0.05, 0.1) is 6.10 Å². The SMILES string of the molecule is CCCCC(C)C[C@@H](O)CC.